The molecule has 1 aromatic rings. The summed E-state index contributed by atoms with van der Waals surface area (Å²) in [6.45, 7) is 3.63. The van der Waals surface area contributed by atoms with Crippen molar-refractivity contribution in [2.45, 2.75) is 24.5 Å². The highest BCUT2D eigenvalue weighted by Crippen LogP contribution is 2.16. The second kappa shape index (κ2) is 5.95. The maximum absolute atomic E-state index is 12.1. The number of nitrogens with one attached hydrogen (secondary N) is 1. The van der Waals surface area contributed by atoms with Gasteiger partial charge in [-0.15, -0.1) is 6.58 Å². The number of nitrogens with zero attached hydrogens (tertiary/aromatic N) is 2. The number of unbranched alkanes of at least 4 members (excludes halogenated alkanes) is 1. The third-order valence-corrected chi connectivity index (χ3v) is 4.27. The minimum atomic E-state index is -3.60. The van der Waals surface area contributed by atoms with Crippen LogP contribution in [0.2, 0.25) is 0 Å². The van der Waals surface area contributed by atoms with Crippen molar-refractivity contribution in [3.05, 3.63) is 24.4 Å². The number of H-pyrrole nitrogens is 1. The lowest BCUT2D eigenvalue weighted by atomic mass is 10.3. The third-order valence-electron chi connectivity index (χ3n) is 2.40. The van der Waals surface area contributed by atoms with Crippen molar-refractivity contribution in [2.75, 3.05) is 13.6 Å². The largest absolute Gasteiger partial charge is 0.392 e. The van der Waals surface area contributed by atoms with Gasteiger partial charge in [0, 0.05) is 19.2 Å². The fourth-order valence-electron chi connectivity index (χ4n) is 1.37. The predicted molar refractivity (Wildman–Crippen MR) is 63.8 cm³/mol. The van der Waals surface area contributed by atoms with E-state index in [1.165, 1.54) is 17.5 Å². The zero-order chi connectivity index (χ0) is 12.9. The van der Waals surface area contributed by atoms with Gasteiger partial charge in [-0.3, -0.25) is 5.10 Å². The maximum atomic E-state index is 12.1. The average Bonchev–Trinajstić information content (AvgIpc) is 2.77. The monoisotopic (exact) mass is 259 g/mol. The van der Waals surface area contributed by atoms with Crippen LogP contribution in [-0.2, 0) is 16.6 Å². The van der Waals surface area contributed by atoms with Gasteiger partial charge in [0.15, 0.2) is 5.03 Å². The SMILES string of the molecule is C=CCCCN(C)S(=O)(=O)c1[nH]ncc1CO. The summed E-state index contributed by atoms with van der Waals surface area (Å²) in [7, 11) is -2.10. The van der Waals surface area contributed by atoms with Crippen LogP contribution in [0.15, 0.2) is 23.9 Å². The number of hydrogen-bond acceptors (Lipinski definition) is 4. The molecule has 2 N–H and O–H groups in total. The first-order chi connectivity index (χ1) is 8.04. The fourth-order valence-corrected chi connectivity index (χ4v) is 2.67. The van der Waals surface area contributed by atoms with E-state index in [2.05, 4.69) is 16.8 Å². The molecule has 1 rings (SSSR count). The van der Waals surface area contributed by atoms with Crippen molar-refractivity contribution in [1.82, 2.24) is 14.5 Å². The van der Waals surface area contributed by atoms with Crippen molar-refractivity contribution in [3.8, 4) is 0 Å². The second-order valence-electron chi connectivity index (χ2n) is 3.64. The van der Waals surface area contributed by atoms with Gasteiger partial charge >= 0.3 is 0 Å². The molecule has 0 aliphatic carbocycles. The molecule has 17 heavy (non-hydrogen) atoms. The number of rotatable bonds is 7. The van der Waals surface area contributed by atoms with Gasteiger partial charge < -0.3 is 5.11 Å². The Bertz CT molecular complexity index is 467. The van der Waals surface area contributed by atoms with Gasteiger partial charge in [0.2, 0.25) is 0 Å². The van der Waals surface area contributed by atoms with Crippen molar-refractivity contribution in [1.29, 1.82) is 0 Å². The second-order valence-corrected chi connectivity index (χ2v) is 5.62. The molecule has 1 aromatic heterocycles. The van der Waals surface area contributed by atoms with Crippen molar-refractivity contribution < 1.29 is 13.5 Å². The number of aromatic amines is 1. The first-order valence-corrected chi connectivity index (χ1v) is 6.68. The molecule has 7 heteroatoms. The normalized spacial score (nSPS) is 11.9. The third kappa shape index (κ3) is 3.15. The highest BCUT2D eigenvalue weighted by atomic mass is 32.2. The van der Waals surface area contributed by atoms with Crippen molar-refractivity contribution in [2.24, 2.45) is 0 Å². The highest BCUT2D eigenvalue weighted by molar-refractivity contribution is 7.89. The molecule has 1 heterocycles. The summed E-state index contributed by atoms with van der Waals surface area (Å²) < 4.78 is 25.4. The van der Waals surface area contributed by atoms with Crippen LogP contribution < -0.4 is 0 Å². The van der Waals surface area contributed by atoms with Crippen molar-refractivity contribution in [3.63, 3.8) is 0 Å². The molecule has 0 aliphatic heterocycles. The van der Waals surface area contributed by atoms with Gasteiger partial charge in [0.1, 0.15) is 0 Å². The molecule has 0 saturated heterocycles. The predicted octanol–water partition coefficient (Wildman–Crippen LogP) is 0.489. The summed E-state index contributed by atoms with van der Waals surface area (Å²) >= 11 is 0. The van der Waals surface area contributed by atoms with E-state index >= 15 is 0 Å². The summed E-state index contributed by atoms with van der Waals surface area (Å²) in [6.07, 6.45) is 4.53. The highest BCUT2D eigenvalue weighted by Gasteiger charge is 2.25. The number of sulfonamides is 1. The zero-order valence-electron chi connectivity index (χ0n) is 9.76. The van der Waals surface area contributed by atoms with Crippen molar-refractivity contribution >= 4 is 10.0 Å². The molecular weight excluding hydrogens is 242 g/mol. The topological polar surface area (TPSA) is 86.3 Å². The van der Waals surface area contributed by atoms with Crippen LogP contribution in [0.3, 0.4) is 0 Å². The van der Waals surface area contributed by atoms with E-state index in [-0.39, 0.29) is 17.2 Å². The lowest BCUT2D eigenvalue weighted by Gasteiger charge is -2.16. The molecule has 0 spiro atoms. The van der Waals surface area contributed by atoms with Gasteiger partial charge in [0.05, 0.1) is 12.8 Å². The standard InChI is InChI=1S/C10H17N3O3S/c1-3-4-5-6-13(2)17(15,16)10-9(8-14)7-11-12-10/h3,7,14H,1,4-6,8H2,2H3,(H,11,12). The lowest BCUT2D eigenvalue weighted by Crippen LogP contribution is -2.29. The molecule has 0 unspecified atom stereocenters. The van der Waals surface area contributed by atoms with Crippen LogP contribution in [0, 0.1) is 0 Å². The minimum Gasteiger partial charge on any atom is -0.392 e. The zero-order valence-corrected chi connectivity index (χ0v) is 10.6. The summed E-state index contributed by atoms with van der Waals surface area (Å²) in [5.74, 6) is 0. The van der Waals surface area contributed by atoms with E-state index in [1.807, 2.05) is 0 Å². The van der Waals surface area contributed by atoms with Crippen LogP contribution in [0.5, 0.6) is 0 Å². The minimum absolute atomic E-state index is 0.0406. The maximum Gasteiger partial charge on any atom is 0.260 e. The smallest absolute Gasteiger partial charge is 0.260 e. The number of allylic oxidation sites excluding steroid dienone is 1. The van der Waals surface area contributed by atoms with Gasteiger partial charge in [-0.2, -0.15) is 9.40 Å². The Balaban J connectivity index is 2.83. The summed E-state index contributed by atoms with van der Waals surface area (Å²) in [4.78, 5) is 0. The van der Waals surface area contributed by atoms with Crippen LogP contribution in [0.25, 0.3) is 0 Å². The van der Waals surface area contributed by atoms with Gasteiger partial charge in [-0.25, -0.2) is 8.42 Å². The van der Waals surface area contributed by atoms with E-state index in [9.17, 15) is 8.42 Å². The van der Waals surface area contributed by atoms with E-state index < -0.39 is 10.0 Å². The molecule has 0 radical (unpaired) electrons. The molecule has 0 aromatic carbocycles. The van der Waals surface area contributed by atoms with E-state index in [0.717, 1.165) is 6.42 Å². The number of aliphatic hydroxyl groups excluding tert-OH is 1. The van der Waals surface area contributed by atoms with Gasteiger partial charge in [0.25, 0.3) is 10.0 Å². The molecule has 96 valence electrons. The van der Waals surface area contributed by atoms with Crippen LogP contribution in [0.4, 0.5) is 0 Å². The van der Waals surface area contributed by atoms with Gasteiger partial charge in [-0.05, 0) is 12.8 Å². The Kier molecular flexibility index (Phi) is 4.86. The Morgan fingerprint density at radius 1 is 1.65 bits per heavy atom. The number of aromatic nitrogens is 2. The quantitative estimate of drug-likeness (QED) is 0.551. The molecular formula is C10H17N3O3S. The first-order valence-electron chi connectivity index (χ1n) is 5.24. The Morgan fingerprint density at radius 3 is 2.94 bits per heavy atom. The van der Waals surface area contributed by atoms with Crippen LogP contribution in [-0.4, -0.2) is 41.6 Å². The Hall–Kier alpha value is -1.18. The number of hydrogen-bond donors (Lipinski definition) is 2. The molecule has 0 amide bonds. The Labute approximate surface area is 101 Å². The molecule has 0 atom stereocenters. The molecule has 6 nitrogen and oxygen atoms in total. The Morgan fingerprint density at radius 2 is 2.35 bits per heavy atom. The van der Waals surface area contributed by atoms with E-state index in [1.54, 1.807) is 6.08 Å². The van der Waals surface area contributed by atoms with E-state index in [0.29, 0.717) is 13.0 Å². The summed E-state index contributed by atoms with van der Waals surface area (Å²) in [5, 5.41) is 15.0. The molecule has 0 saturated carbocycles. The summed E-state index contributed by atoms with van der Waals surface area (Å²) in [5.41, 5.74) is 0.278. The van der Waals surface area contributed by atoms with Crippen LogP contribution >= 0.6 is 0 Å². The molecule has 0 aliphatic rings. The average molecular weight is 259 g/mol. The summed E-state index contributed by atoms with van der Waals surface area (Å²) in [6, 6.07) is 0. The molecule has 0 fully saturated rings. The van der Waals surface area contributed by atoms with Crippen LogP contribution in [0.1, 0.15) is 18.4 Å². The fraction of sp³-hybridized carbons (Fsp3) is 0.500. The first kappa shape index (κ1) is 13.9. The molecule has 0 bridgehead atoms. The van der Waals surface area contributed by atoms with E-state index in [4.69, 9.17) is 5.11 Å². The van der Waals surface area contributed by atoms with Gasteiger partial charge in [-0.1, -0.05) is 6.08 Å². The number of aliphatic hydroxyl groups is 1. The lowest BCUT2D eigenvalue weighted by molar-refractivity contribution is 0.278.